The molecule has 3 aliphatic carbocycles. The molecule has 3 heteroatoms. The molecule has 0 saturated heterocycles. The molecule has 1 heterocycles. The van der Waals surface area contributed by atoms with Gasteiger partial charge in [-0.05, 0) is 30.1 Å². The van der Waals surface area contributed by atoms with Gasteiger partial charge >= 0.3 is 0 Å². The lowest BCUT2D eigenvalue weighted by molar-refractivity contribution is 0.0769. The Kier molecular flexibility index (Phi) is 3.24. The molecule has 0 aliphatic heterocycles. The minimum absolute atomic E-state index is 0.184. The molecule has 0 aromatic carbocycles. The van der Waals surface area contributed by atoms with Crippen molar-refractivity contribution in [2.45, 2.75) is 38.5 Å². The molecule has 112 valence electrons. The van der Waals surface area contributed by atoms with Crippen LogP contribution in [0.5, 0.6) is 0 Å². The van der Waals surface area contributed by atoms with Crippen LogP contribution in [-0.2, 0) is 7.05 Å². The van der Waals surface area contributed by atoms with Crippen molar-refractivity contribution in [3.63, 3.8) is 0 Å². The Labute approximate surface area is 126 Å². The van der Waals surface area contributed by atoms with Gasteiger partial charge in [-0.15, -0.1) is 0 Å². The van der Waals surface area contributed by atoms with Crippen molar-refractivity contribution in [2.24, 2.45) is 36.6 Å². The normalized spacial score (nSPS) is 35.5. The van der Waals surface area contributed by atoms with E-state index in [4.69, 9.17) is 0 Å². The van der Waals surface area contributed by atoms with Crippen molar-refractivity contribution >= 4 is 5.78 Å². The minimum atomic E-state index is 0.184. The van der Waals surface area contributed by atoms with E-state index in [-0.39, 0.29) is 11.7 Å². The van der Waals surface area contributed by atoms with Crippen molar-refractivity contribution in [3.8, 4) is 0 Å². The van der Waals surface area contributed by atoms with Crippen molar-refractivity contribution in [1.29, 1.82) is 0 Å². The molecule has 0 radical (unpaired) electrons. The number of imidazole rings is 1. The van der Waals surface area contributed by atoms with Crippen molar-refractivity contribution < 1.29 is 4.79 Å². The zero-order valence-electron chi connectivity index (χ0n) is 12.7. The summed E-state index contributed by atoms with van der Waals surface area (Å²) in [6.07, 6.45) is 16.3. The summed E-state index contributed by atoms with van der Waals surface area (Å²) < 4.78 is 1.88. The predicted octanol–water partition coefficient (Wildman–Crippen LogP) is 3.62. The lowest BCUT2D eigenvalue weighted by Crippen LogP contribution is -2.34. The highest BCUT2D eigenvalue weighted by Gasteiger charge is 2.51. The van der Waals surface area contributed by atoms with Gasteiger partial charge in [0, 0.05) is 25.4 Å². The number of nitrogens with zero attached hydrogens (tertiary/aromatic N) is 2. The Morgan fingerprint density at radius 2 is 1.95 bits per heavy atom. The summed E-state index contributed by atoms with van der Waals surface area (Å²) >= 11 is 0. The second-order valence-electron chi connectivity index (χ2n) is 7.18. The highest BCUT2D eigenvalue weighted by Crippen LogP contribution is 2.54. The third-order valence-electron chi connectivity index (χ3n) is 6.06. The molecular weight excluding hydrogens is 260 g/mol. The van der Waals surface area contributed by atoms with Crippen LogP contribution in [0.1, 0.15) is 49.1 Å². The number of aromatic nitrogens is 2. The van der Waals surface area contributed by atoms with Crippen LogP contribution < -0.4 is 0 Å². The molecule has 0 N–H and O–H groups in total. The number of hydrogen-bond donors (Lipinski definition) is 0. The fourth-order valence-electron chi connectivity index (χ4n) is 5.14. The van der Waals surface area contributed by atoms with Gasteiger partial charge in [0.2, 0.25) is 5.78 Å². The topological polar surface area (TPSA) is 34.9 Å². The van der Waals surface area contributed by atoms with Crippen LogP contribution in [0.4, 0.5) is 0 Å². The Balaban J connectivity index is 1.64. The van der Waals surface area contributed by atoms with Gasteiger partial charge in [-0.1, -0.05) is 44.3 Å². The van der Waals surface area contributed by atoms with E-state index < -0.39 is 0 Å². The van der Waals surface area contributed by atoms with E-state index in [9.17, 15) is 4.79 Å². The Hall–Kier alpha value is -1.38. The molecule has 2 saturated carbocycles. The van der Waals surface area contributed by atoms with Gasteiger partial charge in [-0.25, -0.2) is 4.98 Å². The monoisotopic (exact) mass is 284 g/mol. The number of rotatable bonds is 3. The van der Waals surface area contributed by atoms with Gasteiger partial charge < -0.3 is 4.57 Å². The second-order valence-corrected chi connectivity index (χ2v) is 7.18. The molecule has 0 unspecified atom stereocenters. The van der Waals surface area contributed by atoms with Crippen molar-refractivity contribution in [2.75, 3.05) is 0 Å². The van der Waals surface area contributed by atoms with Gasteiger partial charge in [0.05, 0.1) is 0 Å². The minimum Gasteiger partial charge on any atom is -0.332 e. The average Bonchev–Trinajstić information content (AvgIpc) is 3.22. The third kappa shape index (κ3) is 2.09. The SMILES string of the molecule is Cn1ccnc1C(=O)[C@H]1[C@H](C2CCCCC2)[C@H]2C=C[C@@H]1C2. The molecule has 3 nitrogen and oxygen atoms in total. The first-order valence-corrected chi connectivity index (χ1v) is 8.45. The van der Waals surface area contributed by atoms with Gasteiger partial charge in [-0.3, -0.25) is 4.79 Å². The summed E-state index contributed by atoms with van der Waals surface area (Å²) in [5, 5.41) is 0. The van der Waals surface area contributed by atoms with E-state index in [1.807, 2.05) is 17.8 Å². The summed E-state index contributed by atoms with van der Waals surface area (Å²) in [6, 6.07) is 0. The van der Waals surface area contributed by atoms with E-state index in [0.29, 0.717) is 23.6 Å². The molecule has 3 aliphatic rings. The van der Waals surface area contributed by atoms with Crippen LogP contribution in [0.2, 0.25) is 0 Å². The predicted molar refractivity (Wildman–Crippen MR) is 81.8 cm³/mol. The van der Waals surface area contributed by atoms with Crippen LogP contribution >= 0.6 is 0 Å². The van der Waals surface area contributed by atoms with Crippen molar-refractivity contribution in [3.05, 3.63) is 30.4 Å². The molecular formula is C18H24N2O. The first-order valence-electron chi connectivity index (χ1n) is 8.45. The van der Waals surface area contributed by atoms with E-state index >= 15 is 0 Å². The Bertz CT molecular complexity index is 568. The zero-order chi connectivity index (χ0) is 14.4. The zero-order valence-corrected chi connectivity index (χ0v) is 12.7. The van der Waals surface area contributed by atoms with Gasteiger partial charge in [0.25, 0.3) is 0 Å². The van der Waals surface area contributed by atoms with Crippen molar-refractivity contribution in [1.82, 2.24) is 9.55 Å². The Morgan fingerprint density at radius 3 is 2.67 bits per heavy atom. The van der Waals surface area contributed by atoms with E-state index in [1.54, 1.807) is 6.20 Å². The molecule has 0 amide bonds. The van der Waals surface area contributed by atoms with Crippen LogP contribution in [0.3, 0.4) is 0 Å². The maximum Gasteiger partial charge on any atom is 0.202 e. The lowest BCUT2D eigenvalue weighted by Gasteiger charge is -2.36. The van der Waals surface area contributed by atoms with Crippen LogP contribution in [0.15, 0.2) is 24.5 Å². The van der Waals surface area contributed by atoms with Gasteiger partial charge in [0.1, 0.15) is 0 Å². The summed E-state index contributed by atoms with van der Waals surface area (Å²) in [5.41, 5.74) is 0. The van der Waals surface area contributed by atoms with Crippen LogP contribution in [-0.4, -0.2) is 15.3 Å². The fraction of sp³-hybridized carbons (Fsp3) is 0.667. The smallest absolute Gasteiger partial charge is 0.202 e. The quantitative estimate of drug-likeness (QED) is 0.627. The summed E-state index contributed by atoms with van der Waals surface area (Å²) in [5.74, 6) is 3.57. The first kappa shape index (κ1) is 13.3. The lowest BCUT2D eigenvalue weighted by atomic mass is 9.68. The number of Topliss-reactive ketones (excluding diaryl/α,β-unsaturated/α-hetero) is 1. The molecule has 21 heavy (non-hydrogen) atoms. The number of ketones is 1. The van der Waals surface area contributed by atoms with E-state index in [2.05, 4.69) is 17.1 Å². The average molecular weight is 284 g/mol. The second kappa shape index (κ2) is 5.11. The molecule has 2 bridgehead atoms. The summed E-state index contributed by atoms with van der Waals surface area (Å²) in [4.78, 5) is 17.4. The maximum atomic E-state index is 13.1. The largest absolute Gasteiger partial charge is 0.332 e. The molecule has 1 aromatic heterocycles. The molecule has 2 fully saturated rings. The number of allylic oxidation sites excluding steroid dienone is 2. The first-order chi connectivity index (χ1) is 10.3. The van der Waals surface area contributed by atoms with Gasteiger partial charge in [0.15, 0.2) is 5.82 Å². The summed E-state index contributed by atoms with van der Waals surface area (Å²) in [6.45, 7) is 0. The van der Waals surface area contributed by atoms with Gasteiger partial charge in [-0.2, -0.15) is 0 Å². The van der Waals surface area contributed by atoms with E-state index in [1.165, 1.54) is 38.5 Å². The maximum absolute atomic E-state index is 13.1. The van der Waals surface area contributed by atoms with E-state index in [0.717, 1.165) is 5.92 Å². The third-order valence-corrected chi connectivity index (χ3v) is 6.06. The molecule has 4 rings (SSSR count). The number of hydrogen-bond acceptors (Lipinski definition) is 2. The summed E-state index contributed by atoms with van der Waals surface area (Å²) in [7, 11) is 1.93. The standard InChI is InChI=1S/C18H24N2O/c1-20-10-9-19-18(20)17(21)16-14-8-7-13(11-14)15(16)12-5-3-2-4-6-12/h7-10,12-16H,2-6,11H2,1H3/t13-,14+,15+,16+/m0/s1. The molecule has 4 atom stereocenters. The molecule has 1 aromatic rings. The van der Waals surface area contributed by atoms with Crippen LogP contribution in [0.25, 0.3) is 0 Å². The molecule has 0 spiro atoms. The Morgan fingerprint density at radius 1 is 1.19 bits per heavy atom. The number of aryl methyl sites for hydroxylation is 1. The number of carbonyl (C=O) groups is 1. The number of carbonyl (C=O) groups excluding carboxylic acids is 1. The number of fused-ring (bicyclic) bond motifs is 2. The highest BCUT2D eigenvalue weighted by atomic mass is 16.1. The highest BCUT2D eigenvalue weighted by molar-refractivity contribution is 5.95. The van der Waals surface area contributed by atoms with Crippen LogP contribution in [0, 0.1) is 29.6 Å². The fourth-order valence-corrected chi connectivity index (χ4v) is 5.14.